The van der Waals surface area contributed by atoms with Gasteiger partial charge in [0.15, 0.2) is 0 Å². The van der Waals surface area contributed by atoms with Crippen molar-refractivity contribution in [2.24, 2.45) is 0 Å². The zero-order chi connectivity index (χ0) is 14.8. The maximum absolute atomic E-state index is 11.4. The van der Waals surface area contributed by atoms with E-state index < -0.39 is 15.9 Å². The summed E-state index contributed by atoms with van der Waals surface area (Å²) < 4.78 is 28.4. The van der Waals surface area contributed by atoms with Crippen LogP contribution in [0.3, 0.4) is 0 Å². The van der Waals surface area contributed by atoms with Crippen molar-refractivity contribution in [3.63, 3.8) is 0 Å². The summed E-state index contributed by atoms with van der Waals surface area (Å²) in [5.41, 5.74) is 1.87. The standard InChI is InChI=1S/C15H20O4S/c1-3-20(17,18)8-4-5-13(16)15-10-12-9-11(2)6-7-14(12)19-15/h6-7,9-10,13,16H,3-5,8H2,1-2H3. The molecule has 1 heterocycles. The molecular weight excluding hydrogens is 276 g/mol. The summed E-state index contributed by atoms with van der Waals surface area (Å²) in [5, 5.41) is 11.0. The number of aliphatic hydroxyl groups excluding tert-OH is 1. The summed E-state index contributed by atoms with van der Waals surface area (Å²) in [5.74, 6) is 0.756. The first-order chi connectivity index (χ1) is 9.41. The molecule has 0 spiro atoms. The minimum atomic E-state index is -2.97. The lowest BCUT2D eigenvalue weighted by Crippen LogP contribution is -2.09. The van der Waals surface area contributed by atoms with E-state index in [1.807, 2.05) is 31.2 Å². The molecule has 0 fully saturated rings. The van der Waals surface area contributed by atoms with Gasteiger partial charge in [0.05, 0.1) is 5.75 Å². The zero-order valence-corrected chi connectivity index (χ0v) is 12.6. The molecule has 0 aliphatic rings. The molecule has 1 unspecified atom stereocenters. The van der Waals surface area contributed by atoms with Crippen molar-refractivity contribution in [3.8, 4) is 0 Å². The van der Waals surface area contributed by atoms with E-state index in [0.29, 0.717) is 18.6 Å². The minimum Gasteiger partial charge on any atom is -0.458 e. The van der Waals surface area contributed by atoms with Gasteiger partial charge in [-0.3, -0.25) is 0 Å². The summed E-state index contributed by atoms with van der Waals surface area (Å²) >= 11 is 0. The third-order valence-electron chi connectivity index (χ3n) is 3.39. The number of hydrogen-bond donors (Lipinski definition) is 1. The number of sulfone groups is 1. The van der Waals surface area contributed by atoms with Gasteiger partial charge in [0.2, 0.25) is 0 Å². The molecule has 2 rings (SSSR count). The molecule has 0 bridgehead atoms. The highest BCUT2D eigenvalue weighted by Gasteiger charge is 2.15. The van der Waals surface area contributed by atoms with Gasteiger partial charge < -0.3 is 9.52 Å². The van der Waals surface area contributed by atoms with E-state index in [9.17, 15) is 13.5 Å². The highest BCUT2D eigenvalue weighted by molar-refractivity contribution is 7.91. The van der Waals surface area contributed by atoms with E-state index in [4.69, 9.17) is 4.42 Å². The molecule has 4 nitrogen and oxygen atoms in total. The van der Waals surface area contributed by atoms with Crippen molar-refractivity contribution < 1.29 is 17.9 Å². The van der Waals surface area contributed by atoms with Crippen LogP contribution in [0.15, 0.2) is 28.7 Å². The molecule has 0 aliphatic heterocycles. The van der Waals surface area contributed by atoms with Crippen LogP contribution in [0.25, 0.3) is 11.0 Å². The van der Waals surface area contributed by atoms with Gasteiger partial charge >= 0.3 is 0 Å². The Balaban J connectivity index is 2.02. The molecule has 0 saturated carbocycles. The highest BCUT2D eigenvalue weighted by atomic mass is 32.2. The number of aliphatic hydroxyl groups is 1. The van der Waals surface area contributed by atoms with Gasteiger partial charge in [0.25, 0.3) is 0 Å². The summed E-state index contributed by atoms with van der Waals surface area (Å²) in [4.78, 5) is 0. The van der Waals surface area contributed by atoms with Gasteiger partial charge in [0.1, 0.15) is 27.3 Å². The Kier molecular flexibility index (Phi) is 4.50. The third-order valence-corrected chi connectivity index (χ3v) is 5.18. The lowest BCUT2D eigenvalue weighted by Gasteiger charge is -2.07. The van der Waals surface area contributed by atoms with Crippen molar-refractivity contribution in [1.82, 2.24) is 0 Å². The Morgan fingerprint density at radius 3 is 2.75 bits per heavy atom. The third kappa shape index (κ3) is 3.61. The quantitative estimate of drug-likeness (QED) is 0.890. The van der Waals surface area contributed by atoms with Crippen molar-refractivity contribution in [3.05, 3.63) is 35.6 Å². The fraction of sp³-hybridized carbons (Fsp3) is 0.467. The van der Waals surface area contributed by atoms with E-state index in [1.54, 1.807) is 6.92 Å². The molecule has 0 amide bonds. The van der Waals surface area contributed by atoms with Crippen LogP contribution in [0.2, 0.25) is 0 Å². The van der Waals surface area contributed by atoms with Crippen LogP contribution in [0.4, 0.5) is 0 Å². The fourth-order valence-electron chi connectivity index (χ4n) is 2.13. The monoisotopic (exact) mass is 296 g/mol. The second-order valence-electron chi connectivity index (χ2n) is 5.08. The minimum absolute atomic E-state index is 0.111. The predicted octanol–water partition coefficient (Wildman–Crippen LogP) is 2.99. The van der Waals surface area contributed by atoms with Crippen molar-refractivity contribution in [2.45, 2.75) is 32.8 Å². The van der Waals surface area contributed by atoms with Crippen LogP contribution in [-0.2, 0) is 9.84 Å². The van der Waals surface area contributed by atoms with Crippen LogP contribution >= 0.6 is 0 Å². The predicted molar refractivity (Wildman–Crippen MR) is 79.5 cm³/mol. The van der Waals surface area contributed by atoms with E-state index >= 15 is 0 Å². The maximum atomic E-state index is 11.4. The van der Waals surface area contributed by atoms with E-state index in [2.05, 4.69) is 0 Å². The van der Waals surface area contributed by atoms with Gasteiger partial charge in [-0.05, 0) is 38.0 Å². The number of rotatable bonds is 6. The largest absolute Gasteiger partial charge is 0.458 e. The van der Waals surface area contributed by atoms with Crippen LogP contribution < -0.4 is 0 Å². The Morgan fingerprint density at radius 2 is 2.05 bits per heavy atom. The molecule has 0 radical (unpaired) electrons. The average molecular weight is 296 g/mol. The normalized spacial score (nSPS) is 13.8. The summed E-state index contributed by atoms with van der Waals surface area (Å²) in [6, 6.07) is 7.65. The molecule has 20 heavy (non-hydrogen) atoms. The molecule has 5 heteroatoms. The lowest BCUT2D eigenvalue weighted by atomic mass is 10.1. The van der Waals surface area contributed by atoms with Crippen LogP contribution in [0.1, 0.15) is 37.2 Å². The summed E-state index contributed by atoms with van der Waals surface area (Å²) in [6.45, 7) is 3.63. The average Bonchev–Trinajstić information content (AvgIpc) is 2.81. The number of fused-ring (bicyclic) bond motifs is 1. The second-order valence-corrected chi connectivity index (χ2v) is 7.56. The highest BCUT2D eigenvalue weighted by Crippen LogP contribution is 2.27. The molecule has 1 N–H and O–H groups in total. The molecule has 1 aromatic carbocycles. The molecule has 1 atom stereocenters. The van der Waals surface area contributed by atoms with E-state index in [-0.39, 0.29) is 11.5 Å². The number of aryl methyl sites for hydroxylation is 1. The lowest BCUT2D eigenvalue weighted by molar-refractivity contribution is 0.142. The topological polar surface area (TPSA) is 67.5 Å². The van der Waals surface area contributed by atoms with Gasteiger partial charge in [0, 0.05) is 11.1 Å². The van der Waals surface area contributed by atoms with Crippen molar-refractivity contribution in [2.75, 3.05) is 11.5 Å². The molecule has 0 aliphatic carbocycles. The Morgan fingerprint density at radius 1 is 1.30 bits per heavy atom. The fourth-order valence-corrected chi connectivity index (χ4v) is 3.03. The van der Waals surface area contributed by atoms with Gasteiger partial charge in [-0.15, -0.1) is 0 Å². The van der Waals surface area contributed by atoms with Crippen molar-refractivity contribution in [1.29, 1.82) is 0 Å². The van der Waals surface area contributed by atoms with E-state index in [1.165, 1.54) is 0 Å². The molecule has 110 valence electrons. The summed E-state index contributed by atoms with van der Waals surface area (Å²) in [6.07, 6.45) is 0.0700. The first-order valence-corrected chi connectivity index (χ1v) is 8.62. The Hall–Kier alpha value is -1.33. The van der Waals surface area contributed by atoms with Gasteiger partial charge in [-0.25, -0.2) is 8.42 Å². The van der Waals surface area contributed by atoms with E-state index in [0.717, 1.165) is 16.5 Å². The molecule has 0 saturated heterocycles. The first kappa shape index (κ1) is 15.1. The van der Waals surface area contributed by atoms with Crippen LogP contribution in [0, 0.1) is 6.92 Å². The van der Waals surface area contributed by atoms with Crippen LogP contribution in [0.5, 0.6) is 0 Å². The first-order valence-electron chi connectivity index (χ1n) is 6.80. The SMILES string of the molecule is CCS(=O)(=O)CCCC(O)c1cc2cc(C)ccc2o1. The zero-order valence-electron chi connectivity index (χ0n) is 11.8. The van der Waals surface area contributed by atoms with Crippen molar-refractivity contribution >= 4 is 20.8 Å². The molecular formula is C15H20O4S. The Bertz CT molecular complexity index is 685. The number of benzene rings is 1. The molecule has 1 aromatic heterocycles. The van der Waals surface area contributed by atoms with Gasteiger partial charge in [-0.1, -0.05) is 18.6 Å². The molecule has 2 aromatic rings. The Labute approximate surface area is 119 Å². The number of hydrogen-bond acceptors (Lipinski definition) is 4. The maximum Gasteiger partial charge on any atom is 0.150 e. The smallest absolute Gasteiger partial charge is 0.150 e. The number of furan rings is 1. The second kappa shape index (κ2) is 5.97. The van der Waals surface area contributed by atoms with Crippen LogP contribution in [-0.4, -0.2) is 25.0 Å². The van der Waals surface area contributed by atoms with Gasteiger partial charge in [-0.2, -0.15) is 0 Å². The summed E-state index contributed by atoms with van der Waals surface area (Å²) in [7, 11) is -2.97.